The number of aliphatic hydroxyl groups is 1. The summed E-state index contributed by atoms with van der Waals surface area (Å²) in [6, 6.07) is 0. The average Bonchev–Trinajstić information content (AvgIpc) is 1.84. The zero-order valence-corrected chi connectivity index (χ0v) is 7.51. The summed E-state index contributed by atoms with van der Waals surface area (Å²) >= 11 is 0. The smallest absolute Gasteiger partial charge is 0.0465 e. The van der Waals surface area contributed by atoms with Crippen molar-refractivity contribution in [1.82, 2.24) is 0 Å². The predicted molar refractivity (Wildman–Crippen MR) is 47.3 cm³/mol. The first-order chi connectivity index (χ1) is 5.24. The Morgan fingerprint density at radius 2 is 2.18 bits per heavy atom. The first kappa shape index (κ1) is 8.79. The van der Waals surface area contributed by atoms with E-state index in [1.807, 2.05) is 0 Å². The van der Waals surface area contributed by atoms with Crippen molar-refractivity contribution in [2.45, 2.75) is 33.1 Å². The van der Waals surface area contributed by atoms with Crippen molar-refractivity contribution in [3.8, 4) is 0 Å². The molecule has 1 rings (SSSR count). The van der Waals surface area contributed by atoms with E-state index in [0.29, 0.717) is 6.61 Å². The summed E-state index contributed by atoms with van der Waals surface area (Å²) in [5.41, 5.74) is 1.55. The van der Waals surface area contributed by atoms with Crippen molar-refractivity contribution in [3.63, 3.8) is 0 Å². The van der Waals surface area contributed by atoms with Crippen LogP contribution in [0.25, 0.3) is 0 Å². The van der Waals surface area contributed by atoms with Gasteiger partial charge in [0.05, 0.1) is 0 Å². The van der Waals surface area contributed by atoms with E-state index < -0.39 is 0 Å². The molecule has 11 heavy (non-hydrogen) atoms. The van der Waals surface area contributed by atoms with Gasteiger partial charge in [-0.1, -0.05) is 25.5 Å². The molecular weight excluding hydrogens is 136 g/mol. The van der Waals surface area contributed by atoms with E-state index in [9.17, 15) is 0 Å². The Labute approximate surface area is 69.1 Å². The summed E-state index contributed by atoms with van der Waals surface area (Å²) in [6.07, 6.45) is 5.59. The lowest BCUT2D eigenvalue weighted by molar-refractivity contribution is 0.292. The SMILES string of the molecule is CC(C)C1CC(=CCCO)C1. The quantitative estimate of drug-likeness (QED) is 0.619. The monoisotopic (exact) mass is 154 g/mol. The third-order valence-electron chi connectivity index (χ3n) is 2.55. The van der Waals surface area contributed by atoms with Gasteiger partial charge in [0.2, 0.25) is 0 Å². The average molecular weight is 154 g/mol. The summed E-state index contributed by atoms with van der Waals surface area (Å²) in [5, 5.41) is 8.57. The van der Waals surface area contributed by atoms with Crippen LogP contribution in [-0.2, 0) is 0 Å². The summed E-state index contributed by atoms with van der Waals surface area (Å²) in [7, 11) is 0. The number of hydrogen-bond acceptors (Lipinski definition) is 1. The van der Waals surface area contributed by atoms with Gasteiger partial charge in [0.1, 0.15) is 0 Å². The van der Waals surface area contributed by atoms with E-state index in [-0.39, 0.29) is 0 Å². The van der Waals surface area contributed by atoms with E-state index in [4.69, 9.17) is 5.11 Å². The Morgan fingerprint density at radius 1 is 1.55 bits per heavy atom. The van der Waals surface area contributed by atoms with Crippen LogP contribution in [0, 0.1) is 11.8 Å². The summed E-state index contributed by atoms with van der Waals surface area (Å²) in [6.45, 7) is 4.87. The molecular formula is C10H18O. The second-order valence-electron chi connectivity index (χ2n) is 3.79. The minimum Gasteiger partial charge on any atom is -0.396 e. The molecule has 0 radical (unpaired) electrons. The van der Waals surface area contributed by atoms with Gasteiger partial charge in [-0.2, -0.15) is 0 Å². The lowest BCUT2D eigenvalue weighted by Gasteiger charge is -2.32. The van der Waals surface area contributed by atoms with Crippen molar-refractivity contribution >= 4 is 0 Å². The molecule has 0 aromatic rings. The number of rotatable bonds is 3. The van der Waals surface area contributed by atoms with Gasteiger partial charge in [-0.3, -0.25) is 0 Å². The molecule has 0 heterocycles. The highest BCUT2D eigenvalue weighted by molar-refractivity contribution is 5.13. The molecule has 1 saturated carbocycles. The van der Waals surface area contributed by atoms with Crippen LogP contribution in [0.2, 0.25) is 0 Å². The van der Waals surface area contributed by atoms with E-state index in [2.05, 4.69) is 19.9 Å². The Bertz CT molecular complexity index is 139. The van der Waals surface area contributed by atoms with Gasteiger partial charge < -0.3 is 5.11 Å². The molecule has 0 aromatic carbocycles. The highest BCUT2D eigenvalue weighted by atomic mass is 16.2. The fourth-order valence-electron chi connectivity index (χ4n) is 1.52. The van der Waals surface area contributed by atoms with Crippen LogP contribution >= 0.6 is 0 Å². The third-order valence-corrected chi connectivity index (χ3v) is 2.55. The first-order valence-electron chi connectivity index (χ1n) is 4.52. The van der Waals surface area contributed by atoms with Gasteiger partial charge in [-0.15, -0.1) is 0 Å². The standard InChI is InChI=1S/C10H18O/c1-8(2)10-6-9(7-10)4-3-5-11/h4,8,10-11H,3,5-7H2,1-2H3. The fourth-order valence-corrected chi connectivity index (χ4v) is 1.52. The maximum Gasteiger partial charge on any atom is 0.0465 e. The molecule has 0 aliphatic heterocycles. The molecule has 1 N–H and O–H groups in total. The normalized spacial score (nSPS) is 23.6. The van der Waals surface area contributed by atoms with Crippen LogP contribution in [0.4, 0.5) is 0 Å². The molecule has 0 amide bonds. The number of hydrogen-bond donors (Lipinski definition) is 1. The van der Waals surface area contributed by atoms with Crippen molar-refractivity contribution in [2.75, 3.05) is 6.61 Å². The van der Waals surface area contributed by atoms with Gasteiger partial charge in [0, 0.05) is 6.61 Å². The van der Waals surface area contributed by atoms with Crippen LogP contribution in [-0.4, -0.2) is 11.7 Å². The highest BCUT2D eigenvalue weighted by Gasteiger charge is 2.24. The molecule has 0 bridgehead atoms. The maximum absolute atomic E-state index is 8.57. The lowest BCUT2D eigenvalue weighted by Crippen LogP contribution is -2.20. The molecule has 0 spiro atoms. The van der Waals surface area contributed by atoms with Crippen molar-refractivity contribution in [1.29, 1.82) is 0 Å². The van der Waals surface area contributed by atoms with Crippen LogP contribution in [0.15, 0.2) is 11.6 Å². The lowest BCUT2D eigenvalue weighted by atomic mass is 9.73. The van der Waals surface area contributed by atoms with E-state index in [0.717, 1.165) is 18.3 Å². The van der Waals surface area contributed by atoms with E-state index >= 15 is 0 Å². The molecule has 1 nitrogen and oxygen atoms in total. The third kappa shape index (κ3) is 2.33. The maximum atomic E-state index is 8.57. The highest BCUT2D eigenvalue weighted by Crippen LogP contribution is 2.38. The van der Waals surface area contributed by atoms with Gasteiger partial charge in [0.15, 0.2) is 0 Å². The molecule has 1 fully saturated rings. The summed E-state index contributed by atoms with van der Waals surface area (Å²) < 4.78 is 0. The largest absolute Gasteiger partial charge is 0.396 e. The molecule has 64 valence electrons. The van der Waals surface area contributed by atoms with Crippen LogP contribution < -0.4 is 0 Å². The zero-order chi connectivity index (χ0) is 8.27. The van der Waals surface area contributed by atoms with Gasteiger partial charge in [-0.05, 0) is 31.1 Å². The van der Waals surface area contributed by atoms with Crippen molar-refractivity contribution < 1.29 is 5.11 Å². The predicted octanol–water partition coefficient (Wildman–Crippen LogP) is 2.36. The van der Waals surface area contributed by atoms with E-state index in [1.165, 1.54) is 12.8 Å². The van der Waals surface area contributed by atoms with Crippen molar-refractivity contribution in [3.05, 3.63) is 11.6 Å². The fraction of sp³-hybridized carbons (Fsp3) is 0.800. The molecule has 0 saturated heterocycles. The minimum atomic E-state index is 0.301. The summed E-state index contributed by atoms with van der Waals surface area (Å²) in [5.74, 6) is 1.75. The van der Waals surface area contributed by atoms with Crippen LogP contribution in [0.1, 0.15) is 33.1 Å². The second kappa shape index (κ2) is 3.91. The molecule has 0 unspecified atom stereocenters. The second-order valence-corrected chi connectivity index (χ2v) is 3.79. The molecule has 1 aliphatic rings. The number of allylic oxidation sites excluding steroid dienone is 1. The molecule has 1 aliphatic carbocycles. The molecule has 0 atom stereocenters. The molecule has 0 aromatic heterocycles. The van der Waals surface area contributed by atoms with Gasteiger partial charge in [-0.25, -0.2) is 0 Å². The van der Waals surface area contributed by atoms with Gasteiger partial charge in [0.25, 0.3) is 0 Å². The van der Waals surface area contributed by atoms with Crippen LogP contribution in [0.3, 0.4) is 0 Å². The van der Waals surface area contributed by atoms with Crippen LogP contribution in [0.5, 0.6) is 0 Å². The van der Waals surface area contributed by atoms with Crippen molar-refractivity contribution in [2.24, 2.45) is 11.8 Å². The van der Waals surface area contributed by atoms with E-state index in [1.54, 1.807) is 5.57 Å². The Morgan fingerprint density at radius 3 is 2.64 bits per heavy atom. The Kier molecular flexibility index (Phi) is 3.13. The van der Waals surface area contributed by atoms with Gasteiger partial charge >= 0.3 is 0 Å². The zero-order valence-electron chi connectivity index (χ0n) is 7.51. The Hall–Kier alpha value is -0.300. The summed E-state index contributed by atoms with van der Waals surface area (Å²) in [4.78, 5) is 0. The minimum absolute atomic E-state index is 0.301. The topological polar surface area (TPSA) is 20.2 Å². The Balaban J connectivity index is 2.18. The molecule has 1 heteroatoms. The first-order valence-corrected chi connectivity index (χ1v) is 4.52. The number of aliphatic hydroxyl groups excluding tert-OH is 1.